The van der Waals surface area contributed by atoms with Crippen LogP contribution in [0.15, 0.2) is 48.5 Å². The number of carboxylic acids is 1. The van der Waals surface area contributed by atoms with E-state index in [1.807, 2.05) is 36.4 Å². The Morgan fingerprint density at radius 3 is 2.57 bits per heavy atom. The quantitative estimate of drug-likeness (QED) is 0.893. The summed E-state index contributed by atoms with van der Waals surface area (Å²) in [6.45, 7) is 0. The van der Waals surface area contributed by atoms with Gasteiger partial charge < -0.3 is 5.11 Å². The Bertz CT molecular complexity index is 649. The van der Waals surface area contributed by atoms with Crippen molar-refractivity contribution >= 4 is 17.6 Å². The molecule has 1 N–H and O–H groups in total. The predicted octanol–water partition coefficient (Wildman–Crippen LogP) is 4.31. The Morgan fingerprint density at radius 1 is 1.19 bits per heavy atom. The van der Waals surface area contributed by atoms with Gasteiger partial charge >= 0.3 is 5.97 Å². The molecule has 0 amide bonds. The van der Waals surface area contributed by atoms with Crippen LogP contribution in [0.25, 0.3) is 0 Å². The topological polar surface area (TPSA) is 37.3 Å². The number of hydrogen-bond acceptors (Lipinski definition) is 1. The van der Waals surface area contributed by atoms with E-state index in [9.17, 15) is 9.90 Å². The molecule has 0 fully saturated rings. The number of aliphatic carboxylic acids is 1. The van der Waals surface area contributed by atoms with Crippen molar-refractivity contribution in [1.29, 1.82) is 0 Å². The van der Waals surface area contributed by atoms with Gasteiger partial charge in [-0.1, -0.05) is 48.0 Å². The van der Waals surface area contributed by atoms with E-state index in [4.69, 9.17) is 11.6 Å². The normalized spacial score (nSPS) is 17.7. The fourth-order valence-corrected chi connectivity index (χ4v) is 3.22. The van der Waals surface area contributed by atoms with Gasteiger partial charge in [0.1, 0.15) is 0 Å². The lowest BCUT2D eigenvalue weighted by Gasteiger charge is -2.32. The van der Waals surface area contributed by atoms with Crippen molar-refractivity contribution < 1.29 is 9.90 Å². The summed E-state index contributed by atoms with van der Waals surface area (Å²) in [5.74, 6) is -0.673. The molecule has 1 aliphatic rings. The number of carboxylic acid groups (broad SMARTS) is 1. The van der Waals surface area contributed by atoms with Crippen LogP contribution in [0, 0.1) is 5.92 Å². The largest absolute Gasteiger partial charge is 0.481 e. The summed E-state index contributed by atoms with van der Waals surface area (Å²) in [5, 5.41) is 10.2. The van der Waals surface area contributed by atoms with E-state index < -0.39 is 5.97 Å². The van der Waals surface area contributed by atoms with E-state index in [0.29, 0.717) is 23.8 Å². The summed E-state index contributed by atoms with van der Waals surface area (Å²) >= 11 is 5.87. The highest BCUT2D eigenvalue weighted by Gasteiger charge is 2.30. The van der Waals surface area contributed by atoms with Crippen LogP contribution in [-0.4, -0.2) is 11.1 Å². The third-order valence-corrected chi connectivity index (χ3v) is 4.53. The van der Waals surface area contributed by atoms with Crippen molar-refractivity contribution in [3.8, 4) is 0 Å². The highest BCUT2D eigenvalue weighted by Crippen LogP contribution is 2.39. The first-order valence-electron chi connectivity index (χ1n) is 7.18. The first-order valence-corrected chi connectivity index (χ1v) is 7.56. The summed E-state index contributed by atoms with van der Waals surface area (Å²) in [7, 11) is 0. The molecule has 0 aromatic heterocycles. The molecule has 0 aliphatic heterocycles. The molecular formula is C18H17ClO2. The minimum Gasteiger partial charge on any atom is -0.481 e. The van der Waals surface area contributed by atoms with E-state index in [-0.39, 0.29) is 5.92 Å². The van der Waals surface area contributed by atoms with Gasteiger partial charge in [-0.05, 0) is 54.0 Å². The van der Waals surface area contributed by atoms with Crippen LogP contribution < -0.4 is 0 Å². The number of rotatable bonds is 5. The fraction of sp³-hybridized carbons (Fsp3) is 0.278. The molecule has 21 heavy (non-hydrogen) atoms. The first kappa shape index (κ1) is 14.2. The van der Waals surface area contributed by atoms with E-state index in [2.05, 4.69) is 12.1 Å². The molecule has 2 aromatic carbocycles. The summed E-state index contributed by atoms with van der Waals surface area (Å²) in [6, 6.07) is 15.8. The lowest BCUT2D eigenvalue weighted by Crippen LogP contribution is -2.25. The van der Waals surface area contributed by atoms with Crippen LogP contribution in [-0.2, 0) is 17.6 Å². The average molecular weight is 301 g/mol. The zero-order valence-electron chi connectivity index (χ0n) is 11.6. The first-order chi connectivity index (χ1) is 10.1. The molecule has 0 heterocycles. The molecule has 2 nitrogen and oxygen atoms in total. The van der Waals surface area contributed by atoms with Gasteiger partial charge in [0.05, 0.1) is 5.92 Å². The second-order valence-electron chi connectivity index (χ2n) is 5.70. The van der Waals surface area contributed by atoms with Crippen molar-refractivity contribution in [2.45, 2.75) is 25.2 Å². The Morgan fingerprint density at radius 2 is 1.90 bits per heavy atom. The summed E-state index contributed by atoms with van der Waals surface area (Å²) in [4.78, 5) is 11.5. The van der Waals surface area contributed by atoms with Gasteiger partial charge in [-0.2, -0.15) is 0 Å². The van der Waals surface area contributed by atoms with Crippen LogP contribution in [0.4, 0.5) is 0 Å². The number of benzene rings is 2. The number of carbonyl (C=O) groups is 1. The van der Waals surface area contributed by atoms with Gasteiger partial charge in [0.15, 0.2) is 0 Å². The molecule has 0 saturated carbocycles. The molecule has 3 heteroatoms. The smallest absolute Gasteiger partial charge is 0.306 e. The van der Waals surface area contributed by atoms with Crippen LogP contribution in [0.2, 0.25) is 5.02 Å². The zero-order valence-corrected chi connectivity index (χ0v) is 12.4. The maximum absolute atomic E-state index is 11.5. The van der Waals surface area contributed by atoms with Gasteiger partial charge in [0, 0.05) is 5.02 Å². The SMILES string of the molecule is O=C(O)C(Cc1ccc(Cl)cc1)CC1Cc2ccccc21. The van der Waals surface area contributed by atoms with Crippen LogP contribution in [0.5, 0.6) is 0 Å². The number of hydrogen-bond donors (Lipinski definition) is 1. The average Bonchev–Trinajstić information content (AvgIpc) is 2.45. The van der Waals surface area contributed by atoms with Crippen LogP contribution in [0.1, 0.15) is 29.0 Å². The fourth-order valence-electron chi connectivity index (χ4n) is 3.09. The molecule has 0 radical (unpaired) electrons. The molecule has 1 aliphatic carbocycles. The van der Waals surface area contributed by atoms with E-state index in [1.165, 1.54) is 11.1 Å². The lowest BCUT2D eigenvalue weighted by molar-refractivity contribution is -0.142. The van der Waals surface area contributed by atoms with Crippen molar-refractivity contribution in [2.75, 3.05) is 0 Å². The van der Waals surface area contributed by atoms with Crippen molar-refractivity contribution in [2.24, 2.45) is 5.92 Å². The maximum atomic E-state index is 11.5. The van der Waals surface area contributed by atoms with Crippen molar-refractivity contribution in [1.82, 2.24) is 0 Å². The third kappa shape index (κ3) is 3.11. The molecule has 2 aromatic rings. The molecule has 0 saturated heterocycles. The molecular weight excluding hydrogens is 284 g/mol. The Balaban J connectivity index is 1.69. The minimum absolute atomic E-state index is 0.343. The predicted molar refractivity (Wildman–Crippen MR) is 83.8 cm³/mol. The van der Waals surface area contributed by atoms with Gasteiger partial charge in [0.2, 0.25) is 0 Å². The van der Waals surface area contributed by atoms with Gasteiger partial charge in [0.25, 0.3) is 0 Å². The third-order valence-electron chi connectivity index (χ3n) is 4.27. The molecule has 2 unspecified atom stereocenters. The Labute approximate surface area is 129 Å². The monoisotopic (exact) mass is 300 g/mol. The van der Waals surface area contributed by atoms with Gasteiger partial charge in [-0.25, -0.2) is 0 Å². The molecule has 2 atom stereocenters. The zero-order chi connectivity index (χ0) is 14.8. The van der Waals surface area contributed by atoms with E-state index >= 15 is 0 Å². The second-order valence-corrected chi connectivity index (χ2v) is 6.14. The standard InChI is InChI=1S/C18H17ClO2/c19-16-7-5-12(6-8-16)9-15(18(20)21)11-14-10-13-3-1-2-4-17(13)14/h1-8,14-15H,9-11H2,(H,20,21). The van der Waals surface area contributed by atoms with E-state index in [1.54, 1.807) is 0 Å². The van der Waals surface area contributed by atoms with Crippen LogP contribution in [0.3, 0.4) is 0 Å². The lowest BCUT2D eigenvalue weighted by atomic mass is 9.72. The van der Waals surface area contributed by atoms with E-state index in [0.717, 1.165) is 12.0 Å². The van der Waals surface area contributed by atoms with Gasteiger partial charge in [-0.15, -0.1) is 0 Å². The summed E-state index contributed by atoms with van der Waals surface area (Å²) < 4.78 is 0. The minimum atomic E-state index is -0.714. The number of fused-ring (bicyclic) bond motifs is 1. The molecule has 0 bridgehead atoms. The molecule has 108 valence electrons. The highest BCUT2D eigenvalue weighted by molar-refractivity contribution is 6.30. The Kier molecular flexibility index (Phi) is 3.98. The second kappa shape index (κ2) is 5.90. The van der Waals surface area contributed by atoms with Gasteiger partial charge in [-0.3, -0.25) is 4.79 Å². The Hall–Kier alpha value is -1.80. The molecule has 3 rings (SSSR count). The van der Waals surface area contributed by atoms with Crippen molar-refractivity contribution in [3.05, 3.63) is 70.2 Å². The van der Waals surface area contributed by atoms with Crippen LogP contribution >= 0.6 is 11.6 Å². The van der Waals surface area contributed by atoms with Crippen molar-refractivity contribution in [3.63, 3.8) is 0 Å². The highest BCUT2D eigenvalue weighted by atomic mass is 35.5. The molecule has 0 spiro atoms. The summed E-state index contributed by atoms with van der Waals surface area (Å²) in [5.41, 5.74) is 3.71. The summed E-state index contributed by atoms with van der Waals surface area (Å²) in [6.07, 6.45) is 2.26. The number of halogens is 1. The maximum Gasteiger partial charge on any atom is 0.306 e.